The third kappa shape index (κ3) is 3.07. The second-order valence-electron chi connectivity index (χ2n) is 7.75. The first-order valence-electron chi connectivity index (χ1n) is 9.16. The largest absolute Gasteiger partial charge is 0.381 e. The first kappa shape index (κ1) is 16.0. The van der Waals surface area contributed by atoms with Crippen LogP contribution in [0.5, 0.6) is 0 Å². The Morgan fingerprint density at radius 1 is 1.50 bits per heavy atom. The van der Waals surface area contributed by atoms with Gasteiger partial charge in [-0.05, 0) is 43.7 Å². The summed E-state index contributed by atoms with van der Waals surface area (Å²) in [6, 6.07) is 4.13. The van der Waals surface area contributed by atoms with Crippen molar-refractivity contribution in [2.45, 2.75) is 32.7 Å². The van der Waals surface area contributed by atoms with Crippen LogP contribution < -0.4 is 5.32 Å². The Kier molecular flexibility index (Phi) is 4.31. The fraction of sp³-hybridized carbons (Fsp3) is 0.684. The summed E-state index contributed by atoms with van der Waals surface area (Å²) >= 11 is 0. The van der Waals surface area contributed by atoms with Crippen LogP contribution in [-0.4, -0.2) is 48.6 Å². The Bertz CT molecular complexity index is 616. The van der Waals surface area contributed by atoms with Crippen molar-refractivity contribution in [3.8, 4) is 0 Å². The Balaban J connectivity index is 1.47. The van der Waals surface area contributed by atoms with Gasteiger partial charge in [0, 0.05) is 50.6 Å². The Hall–Kier alpha value is -1.46. The second kappa shape index (κ2) is 6.45. The van der Waals surface area contributed by atoms with Gasteiger partial charge in [-0.25, -0.2) is 0 Å². The summed E-state index contributed by atoms with van der Waals surface area (Å²) in [5.74, 6) is 1.29. The molecule has 2 unspecified atom stereocenters. The molecule has 0 radical (unpaired) electrons. The minimum atomic E-state index is -0.261. The lowest BCUT2D eigenvalue weighted by atomic mass is 9.73. The predicted molar refractivity (Wildman–Crippen MR) is 91.3 cm³/mol. The molecule has 3 aliphatic rings. The van der Waals surface area contributed by atoms with Crippen LogP contribution in [0.1, 0.15) is 30.5 Å². The summed E-state index contributed by atoms with van der Waals surface area (Å²) in [5, 5.41) is 3.24. The van der Waals surface area contributed by atoms with Gasteiger partial charge in [0.2, 0.25) is 5.91 Å². The monoisotopic (exact) mass is 329 g/mol. The Labute approximate surface area is 143 Å². The minimum absolute atomic E-state index is 0.258. The molecule has 2 aliphatic heterocycles. The molecule has 24 heavy (non-hydrogen) atoms. The van der Waals surface area contributed by atoms with Crippen molar-refractivity contribution < 1.29 is 9.53 Å². The third-order valence-corrected chi connectivity index (χ3v) is 5.99. The number of hydrogen-bond donors (Lipinski definition) is 1. The van der Waals surface area contributed by atoms with Crippen molar-refractivity contribution in [3.05, 3.63) is 29.6 Å². The highest BCUT2D eigenvalue weighted by molar-refractivity contribution is 5.84. The lowest BCUT2D eigenvalue weighted by molar-refractivity contribution is -0.139. The molecule has 1 amide bonds. The second-order valence-corrected chi connectivity index (χ2v) is 7.75. The van der Waals surface area contributed by atoms with Crippen LogP contribution in [0.25, 0.3) is 0 Å². The predicted octanol–water partition coefficient (Wildman–Crippen LogP) is 1.75. The molecule has 1 aromatic rings. The molecule has 1 aromatic heterocycles. The fourth-order valence-corrected chi connectivity index (χ4v) is 4.21. The van der Waals surface area contributed by atoms with Gasteiger partial charge in [-0.15, -0.1) is 0 Å². The number of carbonyl (C=O) groups excluding carboxylic acids is 1. The van der Waals surface area contributed by atoms with E-state index in [1.807, 2.05) is 12.3 Å². The number of likely N-dealkylation sites (tertiary alicyclic amines) is 1. The van der Waals surface area contributed by atoms with Crippen molar-refractivity contribution in [3.63, 3.8) is 0 Å². The summed E-state index contributed by atoms with van der Waals surface area (Å²) < 4.78 is 5.70. The van der Waals surface area contributed by atoms with Crippen LogP contribution in [0.4, 0.5) is 0 Å². The number of rotatable bonds is 5. The van der Waals surface area contributed by atoms with Gasteiger partial charge in [0.15, 0.2) is 0 Å². The molecule has 4 rings (SSSR count). The zero-order valence-electron chi connectivity index (χ0n) is 14.5. The molecule has 3 heterocycles. The molecule has 1 aliphatic carbocycles. The van der Waals surface area contributed by atoms with Gasteiger partial charge < -0.3 is 10.1 Å². The molecule has 1 N–H and O–H groups in total. The topological polar surface area (TPSA) is 54.5 Å². The standard InChI is InChI=1S/C19H27N3O2/c1-14-16(3-2-7-20-14)10-22-11-17-12-24-8-6-19(17,13-22)18(23)21-9-15-4-5-15/h2-3,7,15,17H,4-6,8-13H2,1H3,(H,21,23). The summed E-state index contributed by atoms with van der Waals surface area (Å²) in [5.41, 5.74) is 2.07. The van der Waals surface area contributed by atoms with E-state index < -0.39 is 0 Å². The minimum Gasteiger partial charge on any atom is -0.381 e. The molecule has 5 nitrogen and oxygen atoms in total. The van der Waals surface area contributed by atoms with E-state index in [4.69, 9.17) is 4.74 Å². The number of amides is 1. The molecule has 130 valence electrons. The van der Waals surface area contributed by atoms with Gasteiger partial charge in [0.1, 0.15) is 0 Å². The zero-order chi connectivity index (χ0) is 16.6. The van der Waals surface area contributed by atoms with Crippen molar-refractivity contribution >= 4 is 5.91 Å². The SMILES string of the molecule is Cc1ncccc1CN1CC2COCCC2(C(=O)NCC2CC2)C1. The average Bonchev–Trinajstić information content (AvgIpc) is 3.33. The van der Waals surface area contributed by atoms with Crippen LogP contribution in [0.2, 0.25) is 0 Å². The number of aromatic nitrogens is 1. The van der Waals surface area contributed by atoms with Gasteiger partial charge in [-0.3, -0.25) is 14.7 Å². The van der Waals surface area contributed by atoms with Gasteiger partial charge in [0.25, 0.3) is 0 Å². The van der Waals surface area contributed by atoms with E-state index in [2.05, 4.69) is 28.2 Å². The molecular weight excluding hydrogens is 302 g/mol. The van der Waals surface area contributed by atoms with E-state index in [9.17, 15) is 4.79 Å². The normalized spacial score (nSPS) is 30.1. The lowest BCUT2D eigenvalue weighted by Gasteiger charge is -2.37. The maximum Gasteiger partial charge on any atom is 0.228 e. The number of pyridine rings is 1. The molecule has 0 aromatic carbocycles. The molecule has 2 atom stereocenters. The van der Waals surface area contributed by atoms with E-state index in [0.29, 0.717) is 19.1 Å². The fourth-order valence-electron chi connectivity index (χ4n) is 4.21. The van der Waals surface area contributed by atoms with Crippen LogP contribution >= 0.6 is 0 Å². The number of carbonyl (C=O) groups is 1. The van der Waals surface area contributed by atoms with Crippen molar-refractivity contribution in [1.29, 1.82) is 0 Å². The smallest absolute Gasteiger partial charge is 0.228 e. The van der Waals surface area contributed by atoms with E-state index in [1.165, 1.54) is 18.4 Å². The first-order valence-corrected chi connectivity index (χ1v) is 9.16. The zero-order valence-corrected chi connectivity index (χ0v) is 14.5. The summed E-state index contributed by atoms with van der Waals surface area (Å²) in [6.45, 7) is 6.97. The maximum atomic E-state index is 13.0. The number of nitrogens with zero attached hydrogens (tertiary/aromatic N) is 2. The number of fused-ring (bicyclic) bond motifs is 1. The molecule has 0 bridgehead atoms. The summed E-state index contributed by atoms with van der Waals surface area (Å²) in [6.07, 6.45) is 5.22. The van der Waals surface area contributed by atoms with E-state index in [0.717, 1.165) is 44.2 Å². The van der Waals surface area contributed by atoms with Crippen molar-refractivity contribution in [2.75, 3.05) is 32.8 Å². The first-order chi connectivity index (χ1) is 11.7. The summed E-state index contributed by atoms with van der Waals surface area (Å²) in [7, 11) is 0. The third-order valence-electron chi connectivity index (χ3n) is 5.99. The molecule has 0 spiro atoms. The van der Waals surface area contributed by atoms with Crippen LogP contribution in [0.3, 0.4) is 0 Å². The van der Waals surface area contributed by atoms with E-state index in [-0.39, 0.29) is 11.3 Å². The quantitative estimate of drug-likeness (QED) is 0.894. The van der Waals surface area contributed by atoms with Crippen molar-refractivity contribution in [2.24, 2.45) is 17.3 Å². The van der Waals surface area contributed by atoms with Crippen LogP contribution in [0, 0.1) is 24.2 Å². The van der Waals surface area contributed by atoms with Gasteiger partial charge >= 0.3 is 0 Å². The number of hydrogen-bond acceptors (Lipinski definition) is 4. The molecule has 1 saturated carbocycles. The highest BCUT2D eigenvalue weighted by Gasteiger charge is 2.53. The number of aryl methyl sites for hydroxylation is 1. The van der Waals surface area contributed by atoms with Crippen LogP contribution in [0.15, 0.2) is 18.3 Å². The number of ether oxygens (including phenoxy) is 1. The molecular formula is C19H27N3O2. The molecule has 2 saturated heterocycles. The van der Waals surface area contributed by atoms with Crippen molar-refractivity contribution in [1.82, 2.24) is 15.2 Å². The summed E-state index contributed by atoms with van der Waals surface area (Å²) in [4.78, 5) is 19.8. The van der Waals surface area contributed by atoms with Crippen LogP contribution in [-0.2, 0) is 16.1 Å². The van der Waals surface area contributed by atoms with Gasteiger partial charge in [-0.2, -0.15) is 0 Å². The average molecular weight is 329 g/mol. The highest BCUT2D eigenvalue weighted by atomic mass is 16.5. The highest BCUT2D eigenvalue weighted by Crippen LogP contribution is 2.43. The Morgan fingerprint density at radius 3 is 3.17 bits per heavy atom. The molecule has 3 fully saturated rings. The van der Waals surface area contributed by atoms with E-state index in [1.54, 1.807) is 0 Å². The number of nitrogens with one attached hydrogen (secondary N) is 1. The lowest BCUT2D eigenvalue weighted by Crippen LogP contribution is -2.50. The van der Waals surface area contributed by atoms with E-state index >= 15 is 0 Å². The maximum absolute atomic E-state index is 13.0. The Morgan fingerprint density at radius 2 is 2.38 bits per heavy atom. The van der Waals surface area contributed by atoms with Gasteiger partial charge in [-0.1, -0.05) is 6.07 Å². The molecule has 5 heteroatoms. The van der Waals surface area contributed by atoms with Gasteiger partial charge in [0.05, 0.1) is 12.0 Å².